The topological polar surface area (TPSA) is 0 Å². The van der Waals surface area contributed by atoms with Crippen molar-refractivity contribution in [2.45, 2.75) is 0 Å². The molecule has 0 fully saturated rings. The Labute approximate surface area is 378 Å². The first-order valence-corrected chi connectivity index (χ1v) is 23.2. The molecule has 0 amide bonds. The predicted molar refractivity (Wildman–Crippen MR) is 289 cm³/mol. The molecule has 16 aromatic carbocycles. The summed E-state index contributed by atoms with van der Waals surface area (Å²) in [5, 5.41) is 39.0. The van der Waals surface area contributed by atoms with Crippen molar-refractivity contribution in [1.82, 2.24) is 0 Å². The lowest BCUT2D eigenvalue weighted by molar-refractivity contribution is 1.79. The third-order valence-electron chi connectivity index (χ3n) is 15.6. The molecule has 0 bridgehead atoms. The van der Waals surface area contributed by atoms with Crippen molar-refractivity contribution in [3.63, 3.8) is 0 Å². The van der Waals surface area contributed by atoms with Gasteiger partial charge in [-0.2, -0.15) is 0 Å². The van der Waals surface area contributed by atoms with Gasteiger partial charge < -0.3 is 0 Å². The summed E-state index contributed by atoms with van der Waals surface area (Å²) < 4.78 is 0. The van der Waals surface area contributed by atoms with Gasteiger partial charge in [-0.15, -0.1) is 0 Å². The lowest BCUT2D eigenvalue weighted by Crippen LogP contribution is -1.87. The van der Waals surface area contributed by atoms with Gasteiger partial charge in [0.25, 0.3) is 0 Å². The molecule has 0 aliphatic heterocycles. The van der Waals surface area contributed by atoms with Crippen molar-refractivity contribution in [2.24, 2.45) is 0 Å². The van der Waals surface area contributed by atoms with Crippen LogP contribution < -0.4 is 0 Å². The SMILES string of the molecule is c1ccc2c(c1)ccc1c2ccc2c1ccc1c2ccc2c1ccc1c2ccc2c1ccc1c3ccc4c5ccc6c7ccc8c9ccccc9ccc8c7ccc6c5ccc4c3ccc21. The number of benzene rings is 16. The summed E-state index contributed by atoms with van der Waals surface area (Å²) in [6.07, 6.45) is 0. The maximum Gasteiger partial charge on any atom is -0.00987 e. The Balaban J connectivity index is 0.831. The molecular weight excluding hydrogens is 793 g/mol. The van der Waals surface area contributed by atoms with Crippen LogP contribution in [0.25, 0.3) is 162 Å². The zero-order chi connectivity index (χ0) is 42.8. The Bertz CT molecular complexity index is 4600. The van der Waals surface area contributed by atoms with Crippen LogP contribution >= 0.6 is 0 Å². The van der Waals surface area contributed by atoms with Crippen molar-refractivity contribution in [3.8, 4) is 0 Å². The molecule has 16 rings (SSSR count). The highest BCUT2D eigenvalue weighted by atomic mass is 14.2. The first kappa shape index (κ1) is 34.9. The van der Waals surface area contributed by atoms with Crippen LogP contribution in [0.1, 0.15) is 0 Å². The summed E-state index contributed by atoms with van der Waals surface area (Å²) in [5.74, 6) is 0. The van der Waals surface area contributed by atoms with Gasteiger partial charge in [0, 0.05) is 0 Å². The van der Waals surface area contributed by atoms with Crippen LogP contribution in [0.2, 0.25) is 0 Å². The number of hydrogen-bond donors (Lipinski definition) is 0. The van der Waals surface area contributed by atoms with Crippen LogP contribution in [-0.2, 0) is 0 Å². The van der Waals surface area contributed by atoms with Crippen molar-refractivity contribution in [3.05, 3.63) is 218 Å². The second-order valence-electron chi connectivity index (χ2n) is 18.6. The maximum absolute atomic E-state index is 2.36. The third-order valence-corrected chi connectivity index (χ3v) is 15.6. The lowest BCUT2D eigenvalue weighted by Gasteiger charge is -2.15. The van der Waals surface area contributed by atoms with E-state index in [1.165, 1.54) is 162 Å². The van der Waals surface area contributed by atoms with E-state index in [-0.39, 0.29) is 0 Å². The molecular formula is C66H36. The molecule has 0 atom stereocenters. The molecule has 16 aromatic rings. The van der Waals surface area contributed by atoms with E-state index in [1.807, 2.05) is 0 Å². The van der Waals surface area contributed by atoms with Crippen molar-refractivity contribution in [2.75, 3.05) is 0 Å². The minimum atomic E-state index is 1.28. The molecule has 0 spiro atoms. The Morgan fingerprint density at radius 2 is 0.212 bits per heavy atom. The highest BCUT2D eigenvalue weighted by Gasteiger charge is 2.16. The van der Waals surface area contributed by atoms with E-state index in [4.69, 9.17) is 0 Å². The third kappa shape index (κ3) is 4.48. The smallest absolute Gasteiger partial charge is 0.00987 e. The summed E-state index contributed by atoms with van der Waals surface area (Å²) in [5.41, 5.74) is 0. The van der Waals surface area contributed by atoms with Crippen LogP contribution in [0.15, 0.2) is 218 Å². The minimum absolute atomic E-state index is 1.28. The Kier molecular flexibility index (Phi) is 6.64. The highest BCUT2D eigenvalue weighted by molar-refractivity contribution is 6.33. The molecule has 0 nitrogen and oxygen atoms in total. The second-order valence-corrected chi connectivity index (χ2v) is 18.6. The van der Waals surface area contributed by atoms with E-state index in [1.54, 1.807) is 0 Å². The van der Waals surface area contributed by atoms with Gasteiger partial charge >= 0.3 is 0 Å². The Hall–Kier alpha value is -8.58. The molecule has 0 aliphatic rings. The van der Waals surface area contributed by atoms with Crippen LogP contribution in [0.4, 0.5) is 0 Å². The van der Waals surface area contributed by atoms with Crippen molar-refractivity contribution in [1.29, 1.82) is 0 Å². The zero-order valence-corrected chi connectivity index (χ0v) is 35.8. The van der Waals surface area contributed by atoms with Gasteiger partial charge in [-0.1, -0.05) is 218 Å². The maximum atomic E-state index is 2.36. The molecule has 0 aliphatic carbocycles. The summed E-state index contributed by atoms with van der Waals surface area (Å²) in [6, 6.07) is 83.0. The summed E-state index contributed by atoms with van der Waals surface area (Å²) in [7, 11) is 0. The summed E-state index contributed by atoms with van der Waals surface area (Å²) in [4.78, 5) is 0. The normalized spacial score (nSPS) is 12.5. The second kappa shape index (κ2) is 12.6. The first-order chi connectivity index (χ1) is 32.7. The van der Waals surface area contributed by atoms with Gasteiger partial charge in [0.15, 0.2) is 0 Å². The van der Waals surface area contributed by atoms with E-state index >= 15 is 0 Å². The quantitative estimate of drug-likeness (QED) is 0.134. The van der Waals surface area contributed by atoms with Gasteiger partial charge in [-0.05, 0) is 162 Å². The van der Waals surface area contributed by atoms with Crippen LogP contribution in [0.5, 0.6) is 0 Å². The number of rotatable bonds is 0. The van der Waals surface area contributed by atoms with E-state index in [9.17, 15) is 0 Å². The van der Waals surface area contributed by atoms with E-state index < -0.39 is 0 Å². The van der Waals surface area contributed by atoms with E-state index in [0.29, 0.717) is 0 Å². The Morgan fingerprint density at radius 1 is 0.0909 bits per heavy atom. The Morgan fingerprint density at radius 3 is 0.379 bits per heavy atom. The molecule has 0 saturated carbocycles. The lowest BCUT2D eigenvalue weighted by atomic mass is 9.88. The zero-order valence-electron chi connectivity index (χ0n) is 35.8. The standard InChI is InChI=1S/C66H36/c1-3-7-39-37(5-1)9-11-43-41(39)13-15-47-45(43)17-19-51-49(47)21-23-55-53(51)25-27-59-57(55)29-31-63-61(59)33-35-66-64-32-30-58-56-24-22-50-48-16-14-42-40-8-4-2-6-38(40)10-12-44(42)46(48)18-20-52(50)54(56)26-28-60(58)62(64)34-36-65(63)66/h1-36H. The fourth-order valence-corrected chi connectivity index (χ4v) is 12.6. The summed E-state index contributed by atoms with van der Waals surface area (Å²) in [6.45, 7) is 0. The van der Waals surface area contributed by atoms with E-state index in [2.05, 4.69) is 218 Å². The molecule has 0 unspecified atom stereocenters. The molecule has 300 valence electrons. The van der Waals surface area contributed by atoms with Crippen LogP contribution in [0, 0.1) is 0 Å². The molecule has 0 aromatic heterocycles. The van der Waals surface area contributed by atoms with Gasteiger partial charge in [0.2, 0.25) is 0 Å². The van der Waals surface area contributed by atoms with Crippen molar-refractivity contribution >= 4 is 162 Å². The first-order valence-electron chi connectivity index (χ1n) is 23.2. The monoisotopic (exact) mass is 828 g/mol. The predicted octanol–water partition coefficient (Wildman–Crippen LogP) is 19.0. The number of fused-ring (bicyclic) bond motifs is 29. The summed E-state index contributed by atoms with van der Waals surface area (Å²) >= 11 is 0. The molecule has 0 heteroatoms. The largest absolute Gasteiger partial charge is 0.0616 e. The molecule has 0 radical (unpaired) electrons. The fraction of sp³-hybridized carbons (Fsp3) is 0. The fourth-order valence-electron chi connectivity index (χ4n) is 12.6. The van der Waals surface area contributed by atoms with Crippen molar-refractivity contribution < 1.29 is 0 Å². The number of hydrogen-bond acceptors (Lipinski definition) is 0. The van der Waals surface area contributed by atoms with E-state index in [0.717, 1.165) is 0 Å². The highest BCUT2D eigenvalue weighted by Crippen LogP contribution is 2.44. The van der Waals surface area contributed by atoms with Crippen LogP contribution in [-0.4, -0.2) is 0 Å². The molecule has 66 heavy (non-hydrogen) atoms. The average Bonchev–Trinajstić information content (AvgIpc) is 3.38. The van der Waals surface area contributed by atoms with Gasteiger partial charge in [0.1, 0.15) is 0 Å². The van der Waals surface area contributed by atoms with Gasteiger partial charge in [0.05, 0.1) is 0 Å². The van der Waals surface area contributed by atoms with Crippen LogP contribution in [0.3, 0.4) is 0 Å². The molecule has 0 saturated heterocycles. The average molecular weight is 829 g/mol. The van der Waals surface area contributed by atoms with Gasteiger partial charge in [-0.3, -0.25) is 0 Å². The molecule has 0 N–H and O–H groups in total. The van der Waals surface area contributed by atoms with Gasteiger partial charge in [-0.25, -0.2) is 0 Å². The molecule has 0 heterocycles. The minimum Gasteiger partial charge on any atom is -0.0616 e.